The third-order valence-corrected chi connectivity index (χ3v) is 3.63. The fourth-order valence-electron chi connectivity index (χ4n) is 0.850. The first kappa shape index (κ1) is 11.3. The zero-order chi connectivity index (χ0) is 10.6. The predicted octanol–water partition coefficient (Wildman–Crippen LogP) is 3.50. The van der Waals surface area contributed by atoms with Crippen LogP contribution in [-0.4, -0.2) is 16.8 Å². The molecule has 0 spiro atoms. The van der Waals surface area contributed by atoms with Crippen molar-refractivity contribution in [1.82, 2.24) is 0 Å². The van der Waals surface area contributed by atoms with Gasteiger partial charge in [0.25, 0.3) is 0 Å². The Morgan fingerprint density at radius 3 is 2.93 bits per heavy atom. The first-order valence-corrected chi connectivity index (χ1v) is 6.05. The van der Waals surface area contributed by atoms with Crippen LogP contribution >= 0.6 is 23.1 Å². The number of allylic oxidation sites excluding steroid dienone is 1. The molecule has 0 saturated heterocycles. The van der Waals surface area contributed by atoms with Gasteiger partial charge in [0.05, 0.1) is 0 Å². The lowest BCUT2D eigenvalue weighted by Crippen LogP contribution is -1.89. The molecular weight excluding hydrogens is 216 g/mol. The second-order valence-electron chi connectivity index (χ2n) is 3.01. The van der Waals surface area contributed by atoms with E-state index in [4.69, 9.17) is 5.11 Å². The maximum atomic E-state index is 10.6. The van der Waals surface area contributed by atoms with Gasteiger partial charge in [0.1, 0.15) is 4.88 Å². The van der Waals surface area contributed by atoms with Crippen LogP contribution in [-0.2, 0) is 0 Å². The van der Waals surface area contributed by atoms with Crippen molar-refractivity contribution in [3.8, 4) is 0 Å². The third-order valence-electron chi connectivity index (χ3n) is 1.58. The standard InChI is InChI=1S/C10H12O2S2/c1-7(2)3-4-13-8-5-9(10(11)12)14-6-8/h5-6H,1,3-4H2,2H3,(H,11,12). The summed E-state index contributed by atoms with van der Waals surface area (Å²) in [6.45, 7) is 5.81. The average Bonchev–Trinajstić information content (AvgIpc) is 2.52. The predicted molar refractivity (Wildman–Crippen MR) is 61.4 cm³/mol. The Bertz CT molecular complexity index is 342. The van der Waals surface area contributed by atoms with Gasteiger partial charge in [0.15, 0.2) is 0 Å². The summed E-state index contributed by atoms with van der Waals surface area (Å²) in [7, 11) is 0. The first-order valence-electron chi connectivity index (χ1n) is 4.18. The van der Waals surface area contributed by atoms with Gasteiger partial charge in [-0.3, -0.25) is 0 Å². The van der Waals surface area contributed by atoms with Crippen LogP contribution in [0.3, 0.4) is 0 Å². The Morgan fingerprint density at radius 2 is 2.43 bits per heavy atom. The van der Waals surface area contributed by atoms with E-state index in [9.17, 15) is 4.79 Å². The molecule has 0 saturated carbocycles. The van der Waals surface area contributed by atoms with Gasteiger partial charge >= 0.3 is 5.97 Å². The van der Waals surface area contributed by atoms with Crippen molar-refractivity contribution in [3.05, 3.63) is 28.5 Å². The highest BCUT2D eigenvalue weighted by atomic mass is 32.2. The number of thioether (sulfide) groups is 1. The number of carboxylic acid groups (broad SMARTS) is 1. The number of carboxylic acids is 1. The van der Waals surface area contributed by atoms with Gasteiger partial charge in [-0.15, -0.1) is 29.7 Å². The van der Waals surface area contributed by atoms with E-state index in [0.29, 0.717) is 4.88 Å². The summed E-state index contributed by atoms with van der Waals surface area (Å²) < 4.78 is 0. The highest BCUT2D eigenvalue weighted by molar-refractivity contribution is 7.99. The molecule has 0 amide bonds. The smallest absolute Gasteiger partial charge is 0.345 e. The Balaban J connectivity index is 2.44. The van der Waals surface area contributed by atoms with E-state index in [2.05, 4.69) is 6.58 Å². The lowest BCUT2D eigenvalue weighted by Gasteiger charge is -1.97. The van der Waals surface area contributed by atoms with Gasteiger partial charge in [-0.1, -0.05) is 5.57 Å². The molecule has 4 heteroatoms. The van der Waals surface area contributed by atoms with Crippen LogP contribution < -0.4 is 0 Å². The molecule has 14 heavy (non-hydrogen) atoms. The van der Waals surface area contributed by atoms with Crippen LogP contribution in [0.15, 0.2) is 28.5 Å². The number of hydrogen-bond acceptors (Lipinski definition) is 3. The summed E-state index contributed by atoms with van der Waals surface area (Å²) in [5.41, 5.74) is 1.16. The van der Waals surface area contributed by atoms with E-state index in [1.54, 1.807) is 17.8 Å². The van der Waals surface area contributed by atoms with Gasteiger partial charge in [-0.2, -0.15) is 0 Å². The Kier molecular flexibility index (Phi) is 4.22. The van der Waals surface area contributed by atoms with Gasteiger partial charge in [-0.25, -0.2) is 4.79 Å². The number of aromatic carboxylic acids is 1. The number of thiophene rings is 1. The molecule has 0 aliphatic heterocycles. The van der Waals surface area contributed by atoms with E-state index in [1.807, 2.05) is 12.3 Å². The summed E-state index contributed by atoms with van der Waals surface area (Å²) >= 11 is 2.95. The van der Waals surface area contributed by atoms with Crippen LogP contribution in [0.4, 0.5) is 0 Å². The molecule has 0 aliphatic rings. The lowest BCUT2D eigenvalue weighted by molar-refractivity contribution is 0.0702. The summed E-state index contributed by atoms with van der Waals surface area (Å²) in [6.07, 6.45) is 0.975. The molecule has 0 radical (unpaired) electrons. The molecule has 0 bridgehead atoms. The summed E-state index contributed by atoms with van der Waals surface area (Å²) in [5.74, 6) is 0.118. The largest absolute Gasteiger partial charge is 0.477 e. The SMILES string of the molecule is C=C(C)CCSc1csc(C(=O)O)c1. The second kappa shape index (κ2) is 5.22. The van der Waals surface area contributed by atoms with Crippen molar-refractivity contribution in [1.29, 1.82) is 0 Å². The maximum Gasteiger partial charge on any atom is 0.345 e. The van der Waals surface area contributed by atoms with E-state index < -0.39 is 5.97 Å². The molecule has 0 atom stereocenters. The van der Waals surface area contributed by atoms with Gasteiger partial charge in [0, 0.05) is 16.0 Å². The molecule has 0 fully saturated rings. The molecule has 1 heterocycles. The maximum absolute atomic E-state index is 10.6. The van der Waals surface area contributed by atoms with Crippen molar-refractivity contribution in [2.45, 2.75) is 18.2 Å². The van der Waals surface area contributed by atoms with Crippen LogP contribution in [0, 0.1) is 0 Å². The fraction of sp³-hybridized carbons (Fsp3) is 0.300. The van der Waals surface area contributed by atoms with Crippen molar-refractivity contribution >= 4 is 29.1 Å². The minimum atomic E-state index is -0.846. The fourth-order valence-corrected chi connectivity index (χ4v) is 2.84. The number of rotatable bonds is 5. The third kappa shape index (κ3) is 3.55. The van der Waals surface area contributed by atoms with Crippen LogP contribution in [0.1, 0.15) is 23.0 Å². The summed E-state index contributed by atoms with van der Waals surface area (Å²) in [6, 6.07) is 1.72. The molecule has 0 aliphatic carbocycles. The van der Waals surface area contributed by atoms with Crippen molar-refractivity contribution in [2.75, 3.05) is 5.75 Å². The quantitative estimate of drug-likeness (QED) is 0.619. The topological polar surface area (TPSA) is 37.3 Å². The first-order chi connectivity index (χ1) is 6.59. The molecule has 0 unspecified atom stereocenters. The van der Waals surface area contributed by atoms with E-state index in [-0.39, 0.29) is 0 Å². The van der Waals surface area contributed by atoms with Crippen LogP contribution in [0.25, 0.3) is 0 Å². The molecule has 2 nitrogen and oxygen atoms in total. The molecule has 1 aromatic heterocycles. The molecule has 1 rings (SSSR count). The average molecular weight is 228 g/mol. The number of hydrogen-bond donors (Lipinski definition) is 1. The van der Waals surface area contributed by atoms with E-state index in [0.717, 1.165) is 22.6 Å². The molecule has 0 aromatic carbocycles. The number of carbonyl (C=O) groups is 1. The minimum absolute atomic E-state index is 0.405. The Hall–Kier alpha value is -0.740. The Labute approximate surface area is 91.7 Å². The monoisotopic (exact) mass is 228 g/mol. The summed E-state index contributed by atoms with van der Waals surface area (Å²) in [4.78, 5) is 12.0. The molecule has 76 valence electrons. The molecule has 1 N–H and O–H groups in total. The normalized spacial score (nSPS) is 10.1. The van der Waals surface area contributed by atoms with Crippen molar-refractivity contribution < 1.29 is 9.90 Å². The Morgan fingerprint density at radius 1 is 1.71 bits per heavy atom. The van der Waals surface area contributed by atoms with Crippen molar-refractivity contribution in [3.63, 3.8) is 0 Å². The zero-order valence-electron chi connectivity index (χ0n) is 7.95. The van der Waals surface area contributed by atoms with Gasteiger partial charge in [0.2, 0.25) is 0 Å². The lowest BCUT2D eigenvalue weighted by atomic mass is 10.3. The van der Waals surface area contributed by atoms with E-state index in [1.165, 1.54) is 11.3 Å². The van der Waals surface area contributed by atoms with Crippen LogP contribution in [0.2, 0.25) is 0 Å². The van der Waals surface area contributed by atoms with Gasteiger partial charge in [-0.05, 0) is 19.4 Å². The van der Waals surface area contributed by atoms with Gasteiger partial charge < -0.3 is 5.11 Å². The van der Waals surface area contributed by atoms with Crippen molar-refractivity contribution in [2.24, 2.45) is 0 Å². The second-order valence-corrected chi connectivity index (χ2v) is 5.09. The molecule has 1 aromatic rings. The zero-order valence-corrected chi connectivity index (χ0v) is 9.58. The van der Waals surface area contributed by atoms with E-state index >= 15 is 0 Å². The highest BCUT2D eigenvalue weighted by Crippen LogP contribution is 2.25. The summed E-state index contributed by atoms with van der Waals surface area (Å²) in [5, 5.41) is 10.6. The highest BCUT2D eigenvalue weighted by Gasteiger charge is 2.06. The minimum Gasteiger partial charge on any atom is -0.477 e. The molecular formula is C10H12O2S2. The van der Waals surface area contributed by atoms with Crippen LogP contribution in [0.5, 0.6) is 0 Å².